The van der Waals surface area contributed by atoms with Crippen molar-refractivity contribution in [2.24, 2.45) is 4.99 Å². The van der Waals surface area contributed by atoms with Crippen LogP contribution < -0.4 is 4.80 Å². The van der Waals surface area contributed by atoms with E-state index >= 15 is 0 Å². The van der Waals surface area contributed by atoms with E-state index in [2.05, 4.69) is 4.99 Å². The predicted molar refractivity (Wildman–Crippen MR) is 114 cm³/mol. The number of hydrogen-bond acceptors (Lipinski definition) is 5. The number of nitrogens with zero attached hydrogens (tertiary/aromatic N) is 3. The number of thiazole rings is 1. The number of nitro benzene ring substituents is 1. The Balaban J connectivity index is 1.88. The lowest BCUT2D eigenvalue weighted by atomic mass is 10.2. The summed E-state index contributed by atoms with van der Waals surface area (Å²) in [4.78, 5) is 16.1. The lowest BCUT2D eigenvalue weighted by Gasteiger charge is -2.10. The van der Waals surface area contributed by atoms with Crippen LogP contribution in [-0.4, -0.2) is 9.49 Å². The zero-order valence-electron chi connectivity index (χ0n) is 14.8. The van der Waals surface area contributed by atoms with Gasteiger partial charge < -0.3 is 8.98 Å². The number of rotatable bonds is 5. The Morgan fingerprint density at radius 2 is 1.97 bits per heavy atom. The second-order valence-electron chi connectivity index (χ2n) is 6.06. The molecule has 4 aromatic rings. The van der Waals surface area contributed by atoms with Crippen molar-refractivity contribution < 1.29 is 9.34 Å². The van der Waals surface area contributed by atoms with Gasteiger partial charge in [0.05, 0.1) is 23.4 Å². The zero-order chi connectivity index (χ0) is 20.4. The van der Waals surface area contributed by atoms with Gasteiger partial charge in [-0.1, -0.05) is 41.4 Å². The molecule has 0 amide bonds. The van der Waals surface area contributed by atoms with Crippen molar-refractivity contribution in [3.63, 3.8) is 0 Å². The molecule has 146 valence electrons. The summed E-state index contributed by atoms with van der Waals surface area (Å²) >= 11 is 13.7. The van der Waals surface area contributed by atoms with Gasteiger partial charge in [0.15, 0.2) is 10.6 Å². The van der Waals surface area contributed by atoms with Gasteiger partial charge in [-0.2, -0.15) is 0 Å². The minimum Gasteiger partial charge on any atom is -0.463 e. The Morgan fingerprint density at radius 1 is 1.14 bits per heavy atom. The summed E-state index contributed by atoms with van der Waals surface area (Å²) in [6, 6.07) is 15.3. The van der Waals surface area contributed by atoms with Crippen LogP contribution in [-0.2, 0) is 6.54 Å². The fourth-order valence-corrected chi connectivity index (χ4v) is 4.20. The number of benzene rings is 2. The summed E-state index contributed by atoms with van der Waals surface area (Å²) in [6.07, 6.45) is 1.59. The van der Waals surface area contributed by atoms with E-state index in [9.17, 15) is 10.1 Å². The van der Waals surface area contributed by atoms with Crippen molar-refractivity contribution in [3.8, 4) is 11.5 Å². The maximum absolute atomic E-state index is 11.4. The first kappa shape index (κ1) is 19.4. The van der Waals surface area contributed by atoms with Gasteiger partial charge in [-0.25, -0.2) is 4.99 Å². The molecular weight excluding hydrogens is 433 g/mol. The number of nitro groups is 1. The van der Waals surface area contributed by atoms with E-state index < -0.39 is 4.92 Å². The topological polar surface area (TPSA) is 73.6 Å². The van der Waals surface area contributed by atoms with E-state index in [1.165, 1.54) is 17.4 Å². The fraction of sp³-hybridized carbons (Fsp3) is 0.0500. The Hall–Kier alpha value is -2.87. The van der Waals surface area contributed by atoms with Crippen LogP contribution in [0.15, 0.2) is 75.7 Å². The number of para-hydroxylation sites is 2. The molecule has 9 heteroatoms. The van der Waals surface area contributed by atoms with Crippen molar-refractivity contribution in [2.75, 3.05) is 0 Å². The maximum atomic E-state index is 11.4. The molecule has 0 aliphatic carbocycles. The molecule has 0 unspecified atom stereocenters. The summed E-state index contributed by atoms with van der Waals surface area (Å²) in [5, 5.41) is 14.3. The number of aromatic nitrogens is 1. The third kappa shape index (κ3) is 4.12. The molecule has 2 aromatic carbocycles. The van der Waals surface area contributed by atoms with Gasteiger partial charge in [0.2, 0.25) is 0 Å². The first-order valence-corrected chi connectivity index (χ1v) is 10.1. The van der Waals surface area contributed by atoms with E-state index in [0.29, 0.717) is 27.2 Å². The van der Waals surface area contributed by atoms with Gasteiger partial charge in [0.1, 0.15) is 5.69 Å². The van der Waals surface area contributed by atoms with E-state index in [-0.39, 0.29) is 11.4 Å². The maximum Gasteiger partial charge on any atom is 0.294 e. The monoisotopic (exact) mass is 445 g/mol. The molecule has 0 saturated carbocycles. The number of hydrogen-bond donors (Lipinski definition) is 0. The van der Waals surface area contributed by atoms with Crippen LogP contribution in [0.1, 0.15) is 5.56 Å². The molecule has 4 rings (SSSR count). The van der Waals surface area contributed by atoms with E-state index in [1.807, 2.05) is 22.1 Å². The fourth-order valence-electron chi connectivity index (χ4n) is 2.83. The highest BCUT2D eigenvalue weighted by molar-refractivity contribution is 7.07. The average Bonchev–Trinajstić information content (AvgIpc) is 3.34. The molecule has 0 bridgehead atoms. The Labute approximate surface area is 179 Å². The summed E-state index contributed by atoms with van der Waals surface area (Å²) in [6.45, 7) is 0.398. The van der Waals surface area contributed by atoms with Crippen molar-refractivity contribution in [1.29, 1.82) is 0 Å². The third-order valence-electron chi connectivity index (χ3n) is 4.21. The SMILES string of the molecule is O=[N+]([O-])c1ccccc1N=c1scc(-c2ccco2)n1Cc1ccc(Cl)cc1Cl. The van der Waals surface area contributed by atoms with Crippen LogP contribution in [0.25, 0.3) is 11.5 Å². The summed E-state index contributed by atoms with van der Waals surface area (Å²) in [7, 11) is 0. The molecule has 0 aliphatic heterocycles. The normalized spacial score (nSPS) is 11.7. The molecular formula is C20H13Cl2N3O3S. The van der Waals surface area contributed by atoms with Gasteiger partial charge in [0.25, 0.3) is 5.69 Å². The highest BCUT2D eigenvalue weighted by Gasteiger charge is 2.15. The van der Waals surface area contributed by atoms with Gasteiger partial charge in [-0.05, 0) is 35.9 Å². The first-order valence-electron chi connectivity index (χ1n) is 8.47. The molecule has 0 spiro atoms. The molecule has 6 nitrogen and oxygen atoms in total. The highest BCUT2D eigenvalue weighted by atomic mass is 35.5. The lowest BCUT2D eigenvalue weighted by Crippen LogP contribution is -2.17. The van der Waals surface area contributed by atoms with Gasteiger partial charge >= 0.3 is 0 Å². The Bertz CT molecular complexity index is 1250. The summed E-state index contributed by atoms with van der Waals surface area (Å²) in [5.41, 5.74) is 1.85. The molecule has 0 atom stereocenters. The summed E-state index contributed by atoms with van der Waals surface area (Å²) < 4.78 is 7.47. The van der Waals surface area contributed by atoms with E-state index in [4.69, 9.17) is 27.6 Å². The smallest absolute Gasteiger partial charge is 0.294 e. The van der Waals surface area contributed by atoms with E-state index in [0.717, 1.165) is 11.3 Å². The molecule has 0 saturated heterocycles. The number of furan rings is 1. The molecule has 0 fully saturated rings. The quantitative estimate of drug-likeness (QED) is 0.267. The molecule has 29 heavy (non-hydrogen) atoms. The largest absolute Gasteiger partial charge is 0.463 e. The zero-order valence-corrected chi connectivity index (χ0v) is 17.1. The highest BCUT2D eigenvalue weighted by Crippen LogP contribution is 2.28. The molecule has 2 heterocycles. The minimum atomic E-state index is -0.444. The summed E-state index contributed by atoms with van der Waals surface area (Å²) in [5.74, 6) is 0.662. The molecule has 0 radical (unpaired) electrons. The van der Waals surface area contributed by atoms with Crippen molar-refractivity contribution in [2.45, 2.75) is 6.54 Å². The molecule has 2 aromatic heterocycles. The minimum absolute atomic E-state index is 0.0588. The van der Waals surface area contributed by atoms with E-state index in [1.54, 1.807) is 42.7 Å². The van der Waals surface area contributed by atoms with Crippen LogP contribution >= 0.6 is 34.5 Å². The van der Waals surface area contributed by atoms with Crippen LogP contribution in [0.5, 0.6) is 0 Å². The molecule has 0 N–H and O–H groups in total. The van der Waals surface area contributed by atoms with Gasteiger partial charge in [-0.3, -0.25) is 10.1 Å². The second-order valence-corrected chi connectivity index (χ2v) is 7.74. The first-order chi connectivity index (χ1) is 14.0. The third-order valence-corrected chi connectivity index (χ3v) is 5.66. The van der Waals surface area contributed by atoms with Crippen molar-refractivity contribution in [1.82, 2.24) is 4.57 Å². The van der Waals surface area contributed by atoms with Crippen molar-refractivity contribution >= 4 is 45.9 Å². The lowest BCUT2D eigenvalue weighted by molar-refractivity contribution is -0.384. The van der Waals surface area contributed by atoms with Gasteiger partial charge in [0, 0.05) is 21.5 Å². The van der Waals surface area contributed by atoms with Crippen LogP contribution in [0.4, 0.5) is 11.4 Å². The Morgan fingerprint density at radius 3 is 2.69 bits per heavy atom. The van der Waals surface area contributed by atoms with Crippen LogP contribution in [0, 0.1) is 10.1 Å². The van der Waals surface area contributed by atoms with Crippen molar-refractivity contribution in [3.05, 3.63) is 96.8 Å². The second kappa shape index (κ2) is 8.24. The van der Waals surface area contributed by atoms with Crippen LogP contribution in [0.2, 0.25) is 10.0 Å². The van der Waals surface area contributed by atoms with Crippen LogP contribution in [0.3, 0.4) is 0 Å². The standard InChI is InChI=1S/C20H13Cl2N3O3S/c21-14-8-7-13(15(22)10-14)11-24-18(19-6-3-9-28-19)12-29-20(24)23-16-4-1-2-5-17(16)25(26)27/h1-10,12H,11H2. The molecule has 0 aliphatic rings. The predicted octanol–water partition coefficient (Wildman–Crippen LogP) is 6.31. The number of halogens is 2. The average molecular weight is 446 g/mol. The Kier molecular flexibility index (Phi) is 5.53. The van der Waals surface area contributed by atoms with Gasteiger partial charge in [-0.15, -0.1) is 11.3 Å².